The van der Waals surface area contributed by atoms with Crippen molar-refractivity contribution in [2.45, 2.75) is 10.6 Å². The predicted octanol–water partition coefficient (Wildman–Crippen LogP) is 4.00. The minimum Gasteiger partial charge on any atom is -0.496 e. The van der Waals surface area contributed by atoms with Gasteiger partial charge in [-0.15, -0.1) is 11.8 Å². The molecule has 2 aromatic carbocycles. The second-order valence-corrected chi connectivity index (χ2v) is 4.88. The molecule has 2 nitrogen and oxygen atoms in total. The summed E-state index contributed by atoms with van der Waals surface area (Å²) in [7, 11) is 1.63. The number of methoxy groups -OCH3 is 1. The highest BCUT2D eigenvalue weighted by atomic mass is 32.2. The quantitative estimate of drug-likeness (QED) is 0.789. The normalized spacial score (nSPS) is 9.95. The van der Waals surface area contributed by atoms with Gasteiger partial charge in [0.05, 0.1) is 12.7 Å². The van der Waals surface area contributed by atoms with Crippen LogP contribution in [-0.4, -0.2) is 7.11 Å². The van der Waals surface area contributed by atoms with Gasteiger partial charge in [-0.25, -0.2) is 4.39 Å². The minimum atomic E-state index is -0.478. The Kier molecular flexibility index (Phi) is 4.43. The van der Waals surface area contributed by atoms with E-state index in [2.05, 4.69) is 0 Å². The second kappa shape index (κ2) is 6.26. The molecule has 0 aliphatic heterocycles. The number of nitrogens with zero attached hydrogens (tertiary/aromatic N) is 1. The second-order valence-electron chi connectivity index (χ2n) is 3.87. The first-order chi connectivity index (χ1) is 9.24. The van der Waals surface area contributed by atoms with Crippen molar-refractivity contribution in [3.8, 4) is 11.8 Å². The van der Waals surface area contributed by atoms with E-state index in [4.69, 9.17) is 10.00 Å². The fraction of sp³-hybridized carbons (Fsp3) is 0.133. The molecular formula is C15H12FNOS. The van der Waals surface area contributed by atoms with Gasteiger partial charge in [-0.05, 0) is 29.8 Å². The number of hydrogen-bond donors (Lipinski definition) is 0. The molecule has 2 aromatic rings. The summed E-state index contributed by atoms with van der Waals surface area (Å²) in [6, 6.07) is 14.2. The van der Waals surface area contributed by atoms with Crippen molar-refractivity contribution in [1.29, 1.82) is 5.26 Å². The van der Waals surface area contributed by atoms with Crippen LogP contribution in [0.5, 0.6) is 5.75 Å². The zero-order valence-electron chi connectivity index (χ0n) is 10.4. The van der Waals surface area contributed by atoms with Crippen LogP contribution in [0.1, 0.15) is 11.1 Å². The van der Waals surface area contributed by atoms with E-state index in [0.717, 1.165) is 16.2 Å². The standard InChI is InChI=1S/C15H12FNOS/c1-18-14-4-2-3-5-15(14)19-10-11-6-7-13(16)12(8-11)9-17/h2-8H,10H2,1H3. The molecule has 0 aliphatic carbocycles. The lowest BCUT2D eigenvalue weighted by atomic mass is 10.1. The molecule has 0 N–H and O–H groups in total. The van der Waals surface area contributed by atoms with Gasteiger partial charge >= 0.3 is 0 Å². The maximum atomic E-state index is 13.2. The van der Waals surface area contributed by atoms with Gasteiger partial charge in [0, 0.05) is 10.6 Å². The summed E-state index contributed by atoms with van der Waals surface area (Å²) >= 11 is 1.59. The van der Waals surface area contributed by atoms with E-state index in [9.17, 15) is 4.39 Å². The van der Waals surface area contributed by atoms with Gasteiger partial charge in [-0.2, -0.15) is 5.26 Å². The Morgan fingerprint density at radius 3 is 2.79 bits per heavy atom. The Morgan fingerprint density at radius 1 is 1.26 bits per heavy atom. The molecule has 0 heterocycles. The molecular weight excluding hydrogens is 261 g/mol. The van der Waals surface area contributed by atoms with Gasteiger partial charge < -0.3 is 4.74 Å². The Bertz CT molecular complexity index is 622. The summed E-state index contributed by atoms with van der Waals surface area (Å²) in [6.07, 6.45) is 0. The Morgan fingerprint density at radius 2 is 2.05 bits per heavy atom. The van der Waals surface area contributed by atoms with Crippen LogP contribution >= 0.6 is 11.8 Å². The lowest BCUT2D eigenvalue weighted by molar-refractivity contribution is 0.405. The highest BCUT2D eigenvalue weighted by Gasteiger charge is 2.05. The van der Waals surface area contributed by atoms with Crippen LogP contribution in [0.2, 0.25) is 0 Å². The molecule has 2 rings (SSSR count). The molecule has 0 aromatic heterocycles. The van der Waals surface area contributed by atoms with Gasteiger partial charge in [-0.1, -0.05) is 18.2 Å². The first kappa shape index (κ1) is 13.4. The highest BCUT2D eigenvalue weighted by Crippen LogP contribution is 2.31. The van der Waals surface area contributed by atoms with Gasteiger partial charge in [0.1, 0.15) is 17.6 Å². The topological polar surface area (TPSA) is 33.0 Å². The number of hydrogen-bond acceptors (Lipinski definition) is 3. The van der Waals surface area contributed by atoms with E-state index < -0.39 is 5.82 Å². The number of rotatable bonds is 4. The van der Waals surface area contributed by atoms with Crippen LogP contribution in [0.3, 0.4) is 0 Å². The lowest BCUT2D eigenvalue weighted by Crippen LogP contribution is -1.89. The first-order valence-electron chi connectivity index (χ1n) is 5.69. The summed E-state index contributed by atoms with van der Waals surface area (Å²) < 4.78 is 18.5. The molecule has 0 aliphatic rings. The Balaban J connectivity index is 2.13. The fourth-order valence-corrected chi connectivity index (χ4v) is 2.62. The van der Waals surface area contributed by atoms with Crippen molar-refractivity contribution in [1.82, 2.24) is 0 Å². The van der Waals surface area contributed by atoms with Gasteiger partial charge in [0.2, 0.25) is 0 Å². The molecule has 0 bridgehead atoms. The van der Waals surface area contributed by atoms with Crippen molar-refractivity contribution in [3.05, 3.63) is 59.4 Å². The van der Waals surface area contributed by atoms with E-state index in [0.29, 0.717) is 5.75 Å². The summed E-state index contributed by atoms with van der Waals surface area (Å²) in [4.78, 5) is 1.02. The number of halogens is 1. The third-order valence-electron chi connectivity index (χ3n) is 2.61. The zero-order valence-corrected chi connectivity index (χ0v) is 11.2. The van der Waals surface area contributed by atoms with E-state index in [1.807, 2.05) is 30.3 Å². The smallest absolute Gasteiger partial charge is 0.140 e. The summed E-state index contributed by atoms with van der Waals surface area (Å²) in [5.74, 6) is 0.999. The monoisotopic (exact) mass is 273 g/mol. The van der Waals surface area contributed by atoms with Crippen molar-refractivity contribution < 1.29 is 9.13 Å². The van der Waals surface area contributed by atoms with Crippen LogP contribution in [0.25, 0.3) is 0 Å². The highest BCUT2D eigenvalue weighted by molar-refractivity contribution is 7.98. The molecule has 19 heavy (non-hydrogen) atoms. The number of ether oxygens (including phenoxy) is 1. The summed E-state index contributed by atoms with van der Waals surface area (Å²) in [6.45, 7) is 0. The average molecular weight is 273 g/mol. The predicted molar refractivity (Wildman–Crippen MR) is 73.7 cm³/mol. The molecule has 0 saturated carbocycles. The molecule has 0 radical (unpaired) electrons. The SMILES string of the molecule is COc1ccccc1SCc1ccc(F)c(C#N)c1. The third kappa shape index (κ3) is 3.27. The largest absolute Gasteiger partial charge is 0.496 e. The van der Waals surface area contributed by atoms with Crippen molar-refractivity contribution >= 4 is 11.8 Å². The molecule has 0 saturated heterocycles. The molecule has 96 valence electrons. The zero-order chi connectivity index (χ0) is 13.7. The van der Waals surface area contributed by atoms with Gasteiger partial charge in [-0.3, -0.25) is 0 Å². The number of benzene rings is 2. The maximum Gasteiger partial charge on any atom is 0.140 e. The molecule has 0 amide bonds. The molecule has 0 spiro atoms. The first-order valence-corrected chi connectivity index (χ1v) is 6.67. The summed E-state index contributed by atoms with van der Waals surface area (Å²) in [5.41, 5.74) is 0.993. The minimum absolute atomic E-state index is 0.0816. The van der Waals surface area contributed by atoms with Crippen molar-refractivity contribution in [3.63, 3.8) is 0 Å². The fourth-order valence-electron chi connectivity index (χ4n) is 1.65. The van der Waals surface area contributed by atoms with Crippen LogP contribution in [-0.2, 0) is 5.75 Å². The van der Waals surface area contributed by atoms with Crippen molar-refractivity contribution in [2.24, 2.45) is 0 Å². The van der Waals surface area contributed by atoms with E-state index >= 15 is 0 Å². The van der Waals surface area contributed by atoms with Gasteiger partial charge in [0.25, 0.3) is 0 Å². The number of thioether (sulfide) groups is 1. The van der Waals surface area contributed by atoms with E-state index in [1.54, 1.807) is 31.0 Å². The van der Waals surface area contributed by atoms with Crippen molar-refractivity contribution in [2.75, 3.05) is 7.11 Å². The summed E-state index contributed by atoms with van der Waals surface area (Å²) in [5, 5.41) is 8.79. The Hall–Kier alpha value is -1.99. The van der Waals surface area contributed by atoms with Crippen LogP contribution in [0.15, 0.2) is 47.4 Å². The van der Waals surface area contributed by atoms with Gasteiger partial charge in [0.15, 0.2) is 0 Å². The molecule has 0 fully saturated rings. The maximum absolute atomic E-state index is 13.2. The van der Waals surface area contributed by atoms with Crippen LogP contribution in [0.4, 0.5) is 4.39 Å². The lowest BCUT2D eigenvalue weighted by Gasteiger charge is -2.07. The third-order valence-corrected chi connectivity index (χ3v) is 3.74. The van der Waals surface area contributed by atoms with Crippen LogP contribution < -0.4 is 4.74 Å². The number of nitriles is 1. The van der Waals surface area contributed by atoms with Crippen LogP contribution in [0, 0.1) is 17.1 Å². The molecule has 0 atom stereocenters. The number of para-hydroxylation sites is 1. The Labute approximate surface area is 115 Å². The molecule has 4 heteroatoms. The average Bonchev–Trinajstić information content (AvgIpc) is 2.46. The van der Waals surface area contributed by atoms with E-state index in [-0.39, 0.29) is 5.56 Å². The van der Waals surface area contributed by atoms with E-state index in [1.165, 1.54) is 6.07 Å². The molecule has 0 unspecified atom stereocenters.